The largest absolute Gasteiger partial charge is 0.480 e. The van der Waals surface area contributed by atoms with Crippen LogP contribution in [0.3, 0.4) is 0 Å². The predicted octanol–water partition coefficient (Wildman–Crippen LogP) is 1.74. The molecule has 0 unspecified atom stereocenters. The topological polar surface area (TPSA) is 74.7 Å². The number of hydrogen-bond donors (Lipinski definition) is 1. The van der Waals surface area contributed by atoms with E-state index < -0.39 is 12.0 Å². The number of benzene rings is 1. The summed E-state index contributed by atoms with van der Waals surface area (Å²) in [5, 5.41) is 9.71. The highest BCUT2D eigenvalue weighted by Gasteiger charge is 2.67. The summed E-state index contributed by atoms with van der Waals surface area (Å²) in [6.07, 6.45) is 5.45. The van der Waals surface area contributed by atoms with Crippen LogP contribution in [0.25, 0.3) is 0 Å². The molecule has 25 heavy (non-hydrogen) atoms. The lowest BCUT2D eigenvalue weighted by Crippen LogP contribution is -2.47. The normalized spacial score (nSPS) is 38.5. The average Bonchev–Trinajstić information content (AvgIpc) is 3.39. The quantitative estimate of drug-likeness (QED) is 0.671. The maximum atomic E-state index is 13.0. The third kappa shape index (κ3) is 1.98. The van der Waals surface area contributed by atoms with Crippen LogP contribution < -0.4 is 0 Å². The van der Waals surface area contributed by atoms with Gasteiger partial charge in [-0.2, -0.15) is 0 Å². The molecule has 128 valence electrons. The Hall–Kier alpha value is -2.43. The lowest BCUT2D eigenvalue weighted by atomic mass is 9.63. The van der Waals surface area contributed by atoms with E-state index in [0.29, 0.717) is 11.8 Å². The summed E-state index contributed by atoms with van der Waals surface area (Å²) < 4.78 is 0. The van der Waals surface area contributed by atoms with E-state index >= 15 is 0 Å². The molecule has 1 aromatic rings. The number of imide groups is 1. The van der Waals surface area contributed by atoms with E-state index in [-0.39, 0.29) is 41.9 Å². The van der Waals surface area contributed by atoms with Gasteiger partial charge in [0.1, 0.15) is 6.04 Å². The molecule has 1 heterocycles. The van der Waals surface area contributed by atoms with Crippen LogP contribution in [-0.4, -0.2) is 33.8 Å². The molecule has 0 spiro atoms. The third-order valence-corrected chi connectivity index (χ3v) is 6.57. The molecule has 3 fully saturated rings. The second kappa shape index (κ2) is 5.04. The summed E-state index contributed by atoms with van der Waals surface area (Å²) in [7, 11) is 0. The summed E-state index contributed by atoms with van der Waals surface area (Å²) in [5.41, 5.74) is 0.814. The SMILES string of the molecule is O=C(O)[C@@H](Cc1ccccc1)N1C(=O)[C@H]2[C@@H]3C=C[C@H]([C@H]4C[C@H]34)[C@@H]2C1=O. The van der Waals surface area contributed by atoms with Crippen LogP contribution in [0, 0.1) is 35.5 Å². The number of likely N-dealkylation sites (tertiary alicyclic amines) is 1. The average molecular weight is 337 g/mol. The number of carbonyl (C=O) groups excluding carboxylic acids is 2. The lowest BCUT2D eigenvalue weighted by Gasteiger charge is -2.37. The molecule has 1 aliphatic heterocycles. The number of amides is 2. The van der Waals surface area contributed by atoms with Gasteiger partial charge in [-0.05, 0) is 35.7 Å². The molecule has 1 N–H and O–H groups in total. The Bertz CT molecular complexity index is 765. The van der Waals surface area contributed by atoms with Crippen molar-refractivity contribution in [2.45, 2.75) is 18.9 Å². The molecule has 1 saturated heterocycles. The van der Waals surface area contributed by atoms with E-state index in [1.807, 2.05) is 30.3 Å². The van der Waals surface area contributed by atoms with E-state index in [9.17, 15) is 19.5 Å². The van der Waals surface area contributed by atoms with Crippen molar-refractivity contribution in [3.8, 4) is 0 Å². The molecule has 2 amide bonds. The third-order valence-electron chi connectivity index (χ3n) is 6.57. The van der Waals surface area contributed by atoms with E-state index in [4.69, 9.17) is 0 Å². The van der Waals surface area contributed by atoms with Gasteiger partial charge >= 0.3 is 5.97 Å². The Balaban J connectivity index is 1.48. The van der Waals surface area contributed by atoms with Gasteiger partial charge in [-0.3, -0.25) is 14.5 Å². The number of nitrogens with zero attached hydrogens (tertiary/aromatic N) is 1. The molecular weight excluding hydrogens is 318 g/mol. The first kappa shape index (κ1) is 14.9. The Kier molecular flexibility index (Phi) is 3.00. The van der Waals surface area contributed by atoms with Gasteiger partial charge in [0.15, 0.2) is 0 Å². The molecule has 4 aliphatic carbocycles. The van der Waals surface area contributed by atoms with Gasteiger partial charge in [0.2, 0.25) is 11.8 Å². The summed E-state index contributed by atoms with van der Waals surface area (Å²) >= 11 is 0. The first-order valence-corrected chi connectivity index (χ1v) is 8.90. The van der Waals surface area contributed by atoms with Gasteiger partial charge in [0, 0.05) is 6.42 Å². The van der Waals surface area contributed by atoms with Crippen LogP contribution in [0.5, 0.6) is 0 Å². The van der Waals surface area contributed by atoms with Crippen LogP contribution in [0.4, 0.5) is 0 Å². The van der Waals surface area contributed by atoms with Gasteiger partial charge in [-0.25, -0.2) is 4.79 Å². The molecule has 1 aromatic carbocycles. The molecule has 2 bridgehead atoms. The fourth-order valence-electron chi connectivity index (χ4n) is 5.41. The van der Waals surface area contributed by atoms with Crippen LogP contribution >= 0.6 is 0 Å². The lowest BCUT2D eigenvalue weighted by molar-refractivity contribution is -0.155. The van der Waals surface area contributed by atoms with E-state index in [1.165, 1.54) is 0 Å². The number of aliphatic carboxylic acids is 1. The highest BCUT2D eigenvalue weighted by Crippen LogP contribution is 2.65. The van der Waals surface area contributed by atoms with Crippen molar-refractivity contribution in [2.75, 3.05) is 0 Å². The second-order valence-electron chi connectivity index (χ2n) is 7.74. The molecule has 7 atom stereocenters. The van der Waals surface area contributed by atoms with E-state index in [2.05, 4.69) is 12.2 Å². The number of carbonyl (C=O) groups is 3. The fourth-order valence-corrected chi connectivity index (χ4v) is 5.41. The highest BCUT2D eigenvalue weighted by molar-refractivity contribution is 6.08. The van der Waals surface area contributed by atoms with E-state index in [1.54, 1.807) is 0 Å². The molecule has 5 heteroatoms. The Morgan fingerprint density at radius 3 is 2.12 bits per heavy atom. The predicted molar refractivity (Wildman–Crippen MR) is 88.1 cm³/mol. The molecular formula is C20H19NO4. The number of carboxylic acids is 1. The monoisotopic (exact) mass is 337 g/mol. The van der Waals surface area contributed by atoms with Crippen molar-refractivity contribution in [3.05, 3.63) is 48.0 Å². The van der Waals surface area contributed by atoms with Crippen molar-refractivity contribution in [2.24, 2.45) is 35.5 Å². The van der Waals surface area contributed by atoms with Gasteiger partial charge in [-0.15, -0.1) is 0 Å². The van der Waals surface area contributed by atoms with Crippen molar-refractivity contribution in [1.29, 1.82) is 0 Å². The van der Waals surface area contributed by atoms with Crippen LogP contribution in [-0.2, 0) is 20.8 Å². The number of rotatable bonds is 4. The second-order valence-corrected chi connectivity index (χ2v) is 7.74. The maximum absolute atomic E-state index is 13.0. The minimum atomic E-state index is -1.12. The van der Waals surface area contributed by atoms with Crippen LogP contribution in [0.1, 0.15) is 12.0 Å². The molecule has 2 saturated carbocycles. The Morgan fingerprint density at radius 2 is 1.60 bits per heavy atom. The van der Waals surface area contributed by atoms with Crippen molar-refractivity contribution in [1.82, 2.24) is 4.90 Å². The number of hydrogen-bond acceptors (Lipinski definition) is 3. The number of allylic oxidation sites excluding steroid dienone is 2. The van der Waals surface area contributed by atoms with Crippen LogP contribution in [0.2, 0.25) is 0 Å². The van der Waals surface area contributed by atoms with Gasteiger partial charge in [0.05, 0.1) is 11.8 Å². The zero-order chi connectivity index (χ0) is 17.3. The molecule has 6 rings (SSSR count). The van der Waals surface area contributed by atoms with Gasteiger partial charge in [0.25, 0.3) is 0 Å². The Labute approximate surface area is 145 Å². The first-order valence-electron chi connectivity index (χ1n) is 8.90. The molecule has 5 aliphatic rings. The van der Waals surface area contributed by atoms with Gasteiger partial charge in [-0.1, -0.05) is 42.5 Å². The van der Waals surface area contributed by atoms with Crippen LogP contribution in [0.15, 0.2) is 42.5 Å². The zero-order valence-electron chi connectivity index (χ0n) is 13.6. The van der Waals surface area contributed by atoms with Crippen molar-refractivity contribution >= 4 is 17.8 Å². The standard InChI is InChI=1S/C20H19NO4/c22-18-16-11-6-7-12(14-9-13(11)14)17(16)19(23)21(18)15(20(24)25)8-10-4-2-1-3-5-10/h1-7,11-17H,8-9H2,(H,24,25)/t11-,12-,13-,14-,15-,16+,17+/m1/s1. The summed E-state index contributed by atoms with van der Waals surface area (Å²) in [6, 6.07) is 8.06. The fraction of sp³-hybridized carbons (Fsp3) is 0.450. The highest BCUT2D eigenvalue weighted by atomic mass is 16.4. The zero-order valence-corrected chi connectivity index (χ0v) is 13.6. The molecule has 0 radical (unpaired) electrons. The molecule has 0 aromatic heterocycles. The number of carboxylic acid groups (broad SMARTS) is 1. The van der Waals surface area contributed by atoms with Gasteiger partial charge < -0.3 is 5.11 Å². The summed E-state index contributed by atoms with van der Waals surface area (Å²) in [6.45, 7) is 0. The Morgan fingerprint density at radius 1 is 1.04 bits per heavy atom. The minimum absolute atomic E-state index is 0.118. The summed E-state index contributed by atoms with van der Waals surface area (Å²) in [4.78, 5) is 39.0. The smallest absolute Gasteiger partial charge is 0.327 e. The first-order chi connectivity index (χ1) is 12.1. The minimum Gasteiger partial charge on any atom is -0.480 e. The summed E-state index contributed by atoms with van der Waals surface area (Å²) in [5.74, 6) is -1.08. The van der Waals surface area contributed by atoms with E-state index in [0.717, 1.165) is 16.9 Å². The van der Waals surface area contributed by atoms with Crippen molar-refractivity contribution < 1.29 is 19.5 Å². The van der Waals surface area contributed by atoms with Crippen molar-refractivity contribution in [3.63, 3.8) is 0 Å². The maximum Gasteiger partial charge on any atom is 0.327 e. The molecule has 5 nitrogen and oxygen atoms in total.